The van der Waals surface area contributed by atoms with Crippen molar-refractivity contribution >= 4 is 5.82 Å². The van der Waals surface area contributed by atoms with E-state index in [0.29, 0.717) is 0 Å². The zero-order valence-electron chi connectivity index (χ0n) is 9.58. The molecule has 1 fully saturated rings. The normalized spacial score (nSPS) is 25.7. The van der Waals surface area contributed by atoms with Gasteiger partial charge in [-0.05, 0) is 25.8 Å². The van der Waals surface area contributed by atoms with Crippen LogP contribution in [0.5, 0.6) is 0 Å². The van der Waals surface area contributed by atoms with Crippen LogP contribution in [0.4, 0.5) is 5.82 Å². The van der Waals surface area contributed by atoms with Gasteiger partial charge in [0.2, 0.25) is 0 Å². The molecular weight excluding hydrogens is 188 g/mol. The van der Waals surface area contributed by atoms with E-state index in [1.54, 1.807) is 0 Å². The molecule has 4 nitrogen and oxygen atoms in total. The molecule has 0 saturated carbocycles. The summed E-state index contributed by atoms with van der Waals surface area (Å²) in [5, 5.41) is 11.3. The van der Waals surface area contributed by atoms with Crippen LogP contribution in [0.2, 0.25) is 0 Å². The summed E-state index contributed by atoms with van der Waals surface area (Å²) in [5.41, 5.74) is 0.289. The number of aromatic nitrogens is 2. The maximum atomic E-state index is 4.31. The van der Waals surface area contributed by atoms with Crippen molar-refractivity contribution in [2.24, 2.45) is 7.05 Å². The fourth-order valence-electron chi connectivity index (χ4n) is 2.22. The van der Waals surface area contributed by atoms with Gasteiger partial charge in [-0.15, -0.1) is 0 Å². The second kappa shape index (κ2) is 4.23. The van der Waals surface area contributed by atoms with Gasteiger partial charge in [-0.3, -0.25) is 4.68 Å². The molecule has 1 saturated heterocycles. The lowest BCUT2D eigenvalue weighted by molar-refractivity contribution is 0.383. The Labute approximate surface area is 91.1 Å². The van der Waals surface area contributed by atoms with Gasteiger partial charge >= 0.3 is 0 Å². The molecule has 4 heteroatoms. The van der Waals surface area contributed by atoms with Crippen LogP contribution in [0.15, 0.2) is 12.3 Å². The third-order valence-electron chi connectivity index (χ3n) is 3.33. The highest BCUT2D eigenvalue weighted by atomic mass is 15.3. The molecule has 1 unspecified atom stereocenters. The number of rotatable bonds is 4. The van der Waals surface area contributed by atoms with Gasteiger partial charge in [0.05, 0.1) is 0 Å². The molecule has 0 amide bonds. The van der Waals surface area contributed by atoms with Gasteiger partial charge in [0.1, 0.15) is 5.82 Å². The van der Waals surface area contributed by atoms with E-state index in [4.69, 9.17) is 0 Å². The quantitative estimate of drug-likeness (QED) is 0.785. The summed E-state index contributed by atoms with van der Waals surface area (Å²) in [4.78, 5) is 0. The monoisotopic (exact) mass is 208 g/mol. The van der Waals surface area contributed by atoms with Crippen LogP contribution in [0, 0.1) is 0 Å². The Morgan fingerprint density at radius 3 is 3.07 bits per heavy atom. The molecule has 1 aliphatic rings. The van der Waals surface area contributed by atoms with Gasteiger partial charge in [0, 0.05) is 31.4 Å². The lowest BCUT2D eigenvalue weighted by atomic mass is 9.94. The first-order chi connectivity index (χ1) is 7.24. The highest BCUT2D eigenvalue weighted by molar-refractivity contribution is 5.33. The first kappa shape index (κ1) is 10.5. The minimum atomic E-state index is 0.289. The average molecular weight is 208 g/mol. The van der Waals surface area contributed by atoms with Gasteiger partial charge in [-0.2, -0.15) is 5.10 Å². The topological polar surface area (TPSA) is 41.9 Å². The summed E-state index contributed by atoms with van der Waals surface area (Å²) in [6.45, 7) is 4.37. The largest absolute Gasteiger partial charge is 0.367 e. The predicted molar refractivity (Wildman–Crippen MR) is 62.0 cm³/mol. The van der Waals surface area contributed by atoms with E-state index in [-0.39, 0.29) is 5.54 Å². The Morgan fingerprint density at radius 1 is 1.67 bits per heavy atom. The zero-order valence-corrected chi connectivity index (χ0v) is 9.58. The van der Waals surface area contributed by atoms with Crippen molar-refractivity contribution in [3.63, 3.8) is 0 Å². The van der Waals surface area contributed by atoms with E-state index in [1.165, 1.54) is 19.3 Å². The Bertz CT molecular complexity index is 312. The van der Waals surface area contributed by atoms with Crippen LogP contribution in [0.3, 0.4) is 0 Å². The molecule has 0 spiro atoms. The maximum absolute atomic E-state index is 4.31. The van der Waals surface area contributed by atoms with Gasteiger partial charge in [0.25, 0.3) is 0 Å². The Kier molecular flexibility index (Phi) is 2.95. The van der Waals surface area contributed by atoms with Gasteiger partial charge in [0.15, 0.2) is 0 Å². The third-order valence-corrected chi connectivity index (χ3v) is 3.33. The molecule has 84 valence electrons. The first-order valence-corrected chi connectivity index (χ1v) is 5.73. The van der Waals surface area contributed by atoms with Crippen LogP contribution in [-0.4, -0.2) is 28.4 Å². The molecule has 2 rings (SSSR count). The first-order valence-electron chi connectivity index (χ1n) is 5.73. The third kappa shape index (κ3) is 2.31. The smallest absolute Gasteiger partial charge is 0.148 e. The lowest BCUT2D eigenvalue weighted by Gasteiger charge is -2.28. The molecule has 0 radical (unpaired) electrons. The molecular formula is C11H20N4. The van der Waals surface area contributed by atoms with Crippen molar-refractivity contribution in [2.75, 3.05) is 18.4 Å². The van der Waals surface area contributed by atoms with E-state index in [2.05, 4.69) is 22.7 Å². The van der Waals surface area contributed by atoms with E-state index in [0.717, 1.165) is 18.9 Å². The molecule has 15 heavy (non-hydrogen) atoms. The number of hydrogen-bond acceptors (Lipinski definition) is 3. The Hall–Kier alpha value is -1.03. The van der Waals surface area contributed by atoms with E-state index in [9.17, 15) is 0 Å². The van der Waals surface area contributed by atoms with Crippen LogP contribution in [0.1, 0.15) is 26.2 Å². The minimum Gasteiger partial charge on any atom is -0.367 e. The molecule has 1 atom stereocenters. The van der Waals surface area contributed by atoms with Crippen LogP contribution in [-0.2, 0) is 7.05 Å². The van der Waals surface area contributed by atoms with Gasteiger partial charge < -0.3 is 10.6 Å². The number of nitrogens with one attached hydrogen (secondary N) is 2. The number of hydrogen-bond donors (Lipinski definition) is 2. The summed E-state index contributed by atoms with van der Waals surface area (Å²) >= 11 is 0. The number of nitrogens with zero attached hydrogens (tertiary/aromatic N) is 2. The van der Waals surface area contributed by atoms with Crippen molar-refractivity contribution in [1.29, 1.82) is 0 Å². The average Bonchev–Trinajstić information content (AvgIpc) is 2.85. The van der Waals surface area contributed by atoms with Crippen LogP contribution >= 0.6 is 0 Å². The molecule has 1 aromatic rings. The molecule has 2 heterocycles. The number of anilines is 1. The second-order valence-electron chi connectivity index (χ2n) is 4.39. The molecule has 1 aliphatic heterocycles. The standard InChI is InChI=1S/C11H20N4/c1-3-11(6-4-7-13-11)9-12-10-5-8-15(2)14-10/h5,8,13H,3-4,6-7,9H2,1-2H3,(H,12,14). The predicted octanol–water partition coefficient (Wildman–Crippen LogP) is 1.36. The summed E-state index contributed by atoms with van der Waals surface area (Å²) < 4.78 is 1.82. The fourth-order valence-corrected chi connectivity index (χ4v) is 2.22. The zero-order chi connectivity index (χ0) is 10.7. The summed E-state index contributed by atoms with van der Waals surface area (Å²) in [7, 11) is 1.94. The maximum Gasteiger partial charge on any atom is 0.148 e. The molecule has 0 bridgehead atoms. The molecule has 2 N–H and O–H groups in total. The van der Waals surface area contributed by atoms with Crippen molar-refractivity contribution in [3.8, 4) is 0 Å². The molecule has 0 aliphatic carbocycles. The summed E-state index contributed by atoms with van der Waals surface area (Å²) in [6, 6.07) is 2.01. The van der Waals surface area contributed by atoms with Gasteiger partial charge in [-0.1, -0.05) is 6.92 Å². The van der Waals surface area contributed by atoms with Crippen molar-refractivity contribution in [1.82, 2.24) is 15.1 Å². The fraction of sp³-hybridized carbons (Fsp3) is 0.727. The Morgan fingerprint density at radius 2 is 2.53 bits per heavy atom. The van der Waals surface area contributed by atoms with E-state index < -0.39 is 0 Å². The highest BCUT2D eigenvalue weighted by Crippen LogP contribution is 2.23. The Balaban J connectivity index is 1.91. The SMILES string of the molecule is CCC1(CNc2ccn(C)n2)CCCN1. The molecule has 1 aromatic heterocycles. The summed E-state index contributed by atoms with van der Waals surface area (Å²) in [6.07, 6.45) is 5.69. The van der Waals surface area contributed by atoms with E-state index in [1.807, 2.05) is 24.0 Å². The highest BCUT2D eigenvalue weighted by Gasteiger charge is 2.31. The lowest BCUT2D eigenvalue weighted by Crippen LogP contribution is -2.45. The van der Waals surface area contributed by atoms with Gasteiger partial charge in [-0.25, -0.2) is 0 Å². The number of aryl methyl sites for hydroxylation is 1. The van der Waals surface area contributed by atoms with Crippen molar-refractivity contribution < 1.29 is 0 Å². The minimum absolute atomic E-state index is 0.289. The van der Waals surface area contributed by atoms with Crippen molar-refractivity contribution in [3.05, 3.63) is 12.3 Å². The van der Waals surface area contributed by atoms with Crippen molar-refractivity contribution in [2.45, 2.75) is 31.7 Å². The molecule has 0 aromatic carbocycles. The second-order valence-corrected chi connectivity index (χ2v) is 4.39. The van der Waals surface area contributed by atoms with Crippen LogP contribution in [0.25, 0.3) is 0 Å². The summed E-state index contributed by atoms with van der Waals surface area (Å²) in [5.74, 6) is 0.971. The van der Waals surface area contributed by atoms with E-state index >= 15 is 0 Å². The van der Waals surface area contributed by atoms with Crippen LogP contribution < -0.4 is 10.6 Å².